The zero-order valence-corrected chi connectivity index (χ0v) is 12.9. The van der Waals surface area contributed by atoms with Gasteiger partial charge in [0, 0.05) is 32.7 Å². The third-order valence-corrected chi connectivity index (χ3v) is 4.20. The van der Waals surface area contributed by atoms with Gasteiger partial charge in [0.05, 0.1) is 11.4 Å². The molecule has 2 aliphatic heterocycles. The molecular weight excluding hydrogens is 290 g/mol. The van der Waals surface area contributed by atoms with E-state index in [1.807, 2.05) is 30.3 Å². The predicted octanol–water partition coefficient (Wildman–Crippen LogP) is 1.74. The summed E-state index contributed by atoms with van der Waals surface area (Å²) in [6.07, 6.45) is 1.95. The lowest BCUT2D eigenvalue weighted by Gasteiger charge is -2.35. The Bertz CT molecular complexity index is 740. The van der Waals surface area contributed by atoms with Gasteiger partial charge in [-0.1, -0.05) is 18.2 Å². The van der Waals surface area contributed by atoms with Gasteiger partial charge in [0.25, 0.3) is 0 Å². The molecule has 0 aliphatic carbocycles. The zero-order chi connectivity index (χ0) is 15.6. The number of aromatic nitrogens is 3. The molecule has 1 fully saturated rings. The van der Waals surface area contributed by atoms with E-state index in [-0.39, 0.29) is 0 Å². The molecule has 1 saturated heterocycles. The molecule has 2 N–H and O–H groups in total. The van der Waals surface area contributed by atoms with E-state index in [1.54, 1.807) is 0 Å². The van der Waals surface area contributed by atoms with E-state index >= 15 is 0 Å². The third-order valence-electron chi connectivity index (χ3n) is 4.20. The Balaban J connectivity index is 1.67. The maximum absolute atomic E-state index is 4.87. The summed E-state index contributed by atoms with van der Waals surface area (Å²) in [6, 6.07) is 7.99. The number of piperazine rings is 1. The summed E-state index contributed by atoms with van der Waals surface area (Å²) in [5.74, 6) is 1.60. The summed E-state index contributed by atoms with van der Waals surface area (Å²) in [6.45, 7) is 8.57. The lowest BCUT2D eigenvalue weighted by Crippen LogP contribution is -2.49. The van der Waals surface area contributed by atoms with Crippen LogP contribution in [0.25, 0.3) is 0 Å². The molecule has 23 heavy (non-hydrogen) atoms. The molecule has 7 nitrogen and oxygen atoms in total. The first-order valence-corrected chi connectivity index (χ1v) is 7.79. The zero-order valence-electron chi connectivity index (χ0n) is 12.9. The van der Waals surface area contributed by atoms with Gasteiger partial charge in [-0.15, -0.1) is 11.7 Å². The van der Waals surface area contributed by atoms with Crippen molar-refractivity contribution in [3.8, 4) is 0 Å². The van der Waals surface area contributed by atoms with Crippen molar-refractivity contribution in [1.82, 2.24) is 25.2 Å². The van der Waals surface area contributed by atoms with Gasteiger partial charge in [0.2, 0.25) is 0 Å². The Kier molecular flexibility index (Phi) is 3.55. The number of benzene rings is 1. The van der Waals surface area contributed by atoms with Crippen LogP contribution in [0.5, 0.6) is 0 Å². The van der Waals surface area contributed by atoms with Crippen molar-refractivity contribution < 1.29 is 0 Å². The molecule has 118 valence electrons. The quantitative estimate of drug-likeness (QED) is 0.827. The molecular formula is C16H19N7. The Hall–Kier alpha value is -2.67. The molecule has 0 spiro atoms. The first-order chi connectivity index (χ1) is 11.3. The fraction of sp³-hybridized carbons (Fsp3) is 0.312. The minimum atomic E-state index is 0.724. The van der Waals surface area contributed by atoms with Crippen LogP contribution < -0.4 is 5.32 Å². The second kappa shape index (κ2) is 5.85. The molecule has 0 amide bonds. The summed E-state index contributed by atoms with van der Waals surface area (Å²) in [7, 11) is 0. The number of para-hydroxylation sites is 2. The molecule has 2 aliphatic rings. The maximum atomic E-state index is 4.87. The van der Waals surface area contributed by atoms with Crippen LogP contribution in [0, 0.1) is 0 Å². The van der Waals surface area contributed by atoms with Crippen molar-refractivity contribution in [2.24, 2.45) is 4.99 Å². The van der Waals surface area contributed by atoms with Crippen molar-refractivity contribution in [3.63, 3.8) is 0 Å². The number of anilines is 2. The predicted molar refractivity (Wildman–Crippen MR) is 90.5 cm³/mol. The summed E-state index contributed by atoms with van der Waals surface area (Å²) in [4.78, 5) is 9.53. The number of hydrogen-bond acceptors (Lipinski definition) is 6. The van der Waals surface area contributed by atoms with E-state index in [0.717, 1.165) is 61.4 Å². The lowest BCUT2D eigenvalue weighted by atomic mass is 10.2. The Morgan fingerprint density at radius 2 is 1.96 bits per heavy atom. The monoisotopic (exact) mass is 309 g/mol. The Morgan fingerprint density at radius 3 is 2.78 bits per heavy atom. The molecule has 0 bridgehead atoms. The molecule has 4 rings (SSSR count). The Morgan fingerprint density at radius 1 is 1.13 bits per heavy atom. The largest absolute Gasteiger partial charge is 0.352 e. The molecule has 0 radical (unpaired) electrons. The fourth-order valence-electron chi connectivity index (χ4n) is 2.99. The number of rotatable bonds is 2. The van der Waals surface area contributed by atoms with Crippen molar-refractivity contribution in [2.75, 3.05) is 38.0 Å². The van der Waals surface area contributed by atoms with Crippen molar-refractivity contribution in [1.29, 1.82) is 0 Å². The number of nitrogens with one attached hydrogen (secondary N) is 2. The number of nitrogens with zero attached hydrogens (tertiary/aromatic N) is 5. The number of hydrogen-bond donors (Lipinski definition) is 2. The van der Waals surface area contributed by atoms with Gasteiger partial charge in [-0.05, 0) is 12.1 Å². The molecule has 2 aromatic rings. The highest BCUT2D eigenvalue weighted by molar-refractivity contribution is 6.05. The Labute approximate surface area is 134 Å². The topological polar surface area (TPSA) is 72.4 Å². The smallest absolute Gasteiger partial charge is 0.184 e. The van der Waals surface area contributed by atoms with Crippen LogP contribution in [0.2, 0.25) is 0 Å². The standard InChI is InChI=1S/C16H19N7/c1-2-7-22-8-10-23(11-9-22)16-14-15(20-21-19-14)17-12-5-3-4-6-13(12)18-16/h2-6H,1,7-11H2,(H2,17,19,20,21). The third kappa shape index (κ3) is 2.59. The van der Waals surface area contributed by atoms with Crippen LogP contribution >= 0.6 is 0 Å². The van der Waals surface area contributed by atoms with Gasteiger partial charge < -0.3 is 10.2 Å². The maximum Gasteiger partial charge on any atom is 0.184 e. The lowest BCUT2D eigenvalue weighted by molar-refractivity contribution is 0.198. The van der Waals surface area contributed by atoms with Crippen LogP contribution in [0.15, 0.2) is 41.9 Å². The van der Waals surface area contributed by atoms with Crippen LogP contribution in [0.3, 0.4) is 0 Å². The number of aliphatic imine (C=N–C) groups is 1. The molecule has 7 heteroatoms. The summed E-state index contributed by atoms with van der Waals surface area (Å²) in [5.41, 5.74) is 2.64. The molecule has 0 saturated carbocycles. The van der Waals surface area contributed by atoms with Crippen LogP contribution in [-0.2, 0) is 0 Å². The fourth-order valence-corrected chi connectivity index (χ4v) is 2.99. The first-order valence-electron chi connectivity index (χ1n) is 7.79. The van der Waals surface area contributed by atoms with E-state index in [0.29, 0.717) is 0 Å². The molecule has 0 atom stereocenters. The van der Waals surface area contributed by atoms with Gasteiger partial charge in [0.15, 0.2) is 17.3 Å². The van der Waals surface area contributed by atoms with Crippen molar-refractivity contribution in [2.45, 2.75) is 0 Å². The second-order valence-electron chi connectivity index (χ2n) is 5.67. The number of amidine groups is 1. The molecule has 1 aromatic heterocycles. The van der Waals surface area contributed by atoms with Crippen LogP contribution in [0.4, 0.5) is 17.2 Å². The van der Waals surface area contributed by atoms with Gasteiger partial charge >= 0.3 is 0 Å². The van der Waals surface area contributed by atoms with Crippen molar-refractivity contribution >= 4 is 23.0 Å². The van der Waals surface area contributed by atoms with E-state index in [1.165, 1.54) is 0 Å². The van der Waals surface area contributed by atoms with Crippen molar-refractivity contribution in [3.05, 3.63) is 42.6 Å². The minimum absolute atomic E-state index is 0.724. The average molecular weight is 309 g/mol. The average Bonchev–Trinajstić information content (AvgIpc) is 2.97. The van der Waals surface area contributed by atoms with E-state index in [9.17, 15) is 0 Å². The van der Waals surface area contributed by atoms with E-state index in [2.05, 4.69) is 37.1 Å². The van der Waals surface area contributed by atoms with Gasteiger partial charge in [-0.25, -0.2) is 4.99 Å². The normalized spacial score (nSPS) is 17.6. The van der Waals surface area contributed by atoms with Crippen LogP contribution in [0.1, 0.15) is 5.69 Å². The molecule has 0 unspecified atom stereocenters. The molecule has 3 heterocycles. The molecule has 1 aromatic carbocycles. The highest BCUT2D eigenvalue weighted by Gasteiger charge is 2.27. The van der Waals surface area contributed by atoms with Gasteiger partial charge in [-0.3, -0.25) is 4.90 Å². The summed E-state index contributed by atoms with van der Waals surface area (Å²) >= 11 is 0. The SMILES string of the molecule is C=CCN1CCN(C2=Nc3ccccc3Nc3n[nH]nc32)CC1. The first kappa shape index (κ1) is 14.0. The highest BCUT2D eigenvalue weighted by Crippen LogP contribution is 2.32. The second-order valence-corrected chi connectivity index (χ2v) is 5.67. The number of H-pyrrole nitrogens is 1. The number of aromatic amines is 1. The van der Waals surface area contributed by atoms with Gasteiger partial charge in [-0.2, -0.15) is 10.3 Å². The highest BCUT2D eigenvalue weighted by atomic mass is 15.4. The van der Waals surface area contributed by atoms with E-state index < -0.39 is 0 Å². The van der Waals surface area contributed by atoms with Gasteiger partial charge in [0.1, 0.15) is 0 Å². The summed E-state index contributed by atoms with van der Waals surface area (Å²) in [5, 5.41) is 14.6. The minimum Gasteiger partial charge on any atom is -0.352 e. The van der Waals surface area contributed by atoms with E-state index in [4.69, 9.17) is 4.99 Å². The number of fused-ring (bicyclic) bond motifs is 2. The summed E-state index contributed by atoms with van der Waals surface area (Å²) < 4.78 is 0. The van der Waals surface area contributed by atoms with Crippen LogP contribution in [-0.4, -0.2) is 63.8 Å².